The van der Waals surface area contributed by atoms with Crippen molar-refractivity contribution in [1.82, 2.24) is 14.7 Å². The highest BCUT2D eigenvalue weighted by Crippen LogP contribution is 2.16. The molecule has 1 aliphatic heterocycles. The van der Waals surface area contributed by atoms with Gasteiger partial charge < -0.3 is 16.4 Å². The van der Waals surface area contributed by atoms with Crippen molar-refractivity contribution in [2.75, 3.05) is 13.1 Å². The second kappa shape index (κ2) is 6.21. The monoisotopic (exact) mass is 313 g/mol. The molecule has 7 heteroatoms. The van der Waals surface area contributed by atoms with Crippen LogP contribution in [0.3, 0.4) is 0 Å². The van der Waals surface area contributed by atoms with Crippen LogP contribution in [0.1, 0.15) is 33.8 Å². The number of carbonyl (C=O) groups is 2. The molecule has 1 atom stereocenters. The summed E-state index contributed by atoms with van der Waals surface area (Å²) in [6.07, 6.45) is 1.78. The molecular weight excluding hydrogens is 294 g/mol. The first-order chi connectivity index (χ1) is 11.1. The zero-order chi connectivity index (χ0) is 16.4. The third kappa shape index (κ3) is 3.09. The van der Waals surface area contributed by atoms with E-state index in [0.29, 0.717) is 18.8 Å². The third-order valence-corrected chi connectivity index (χ3v) is 3.93. The second-order valence-corrected chi connectivity index (χ2v) is 5.68. The van der Waals surface area contributed by atoms with Gasteiger partial charge in [0.25, 0.3) is 11.8 Å². The van der Waals surface area contributed by atoms with Crippen LogP contribution in [0.15, 0.2) is 36.4 Å². The minimum absolute atomic E-state index is 0.0143. The maximum Gasteiger partial charge on any atom is 0.274 e. The van der Waals surface area contributed by atoms with Crippen LogP contribution in [-0.4, -0.2) is 45.6 Å². The minimum atomic E-state index is -0.629. The van der Waals surface area contributed by atoms with Gasteiger partial charge in [-0.3, -0.25) is 9.59 Å². The zero-order valence-corrected chi connectivity index (χ0v) is 12.7. The maximum atomic E-state index is 12.6. The smallest absolute Gasteiger partial charge is 0.274 e. The number of carbonyl (C=O) groups excluding carboxylic acids is 2. The first-order valence-electron chi connectivity index (χ1n) is 7.56. The van der Waals surface area contributed by atoms with Crippen LogP contribution in [0, 0.1) is 0 Å². The molecule has 0 bridgehead atoms. The van der Waals surface area contributed by atoms with Gasteiger partial charge in [0, 0.05) is 25.2 Å². The Kier molecular flexibility index (Phi) is 4.12. The lowest BCUT2D eigenvalue weighted by atomic mass is 10.1. The Hall–Kier alpha value is -2.67. The number of piperidine rings is 1. The van der Waals surface area contributed by atoms with Crippen molar-refractivity contribution in [1.29, 1.82) is 0 Å². The summed E-state index contributed by atoms with van der Waals surface area (Å²) in [5.41, 5.74) is 12.4. The van der Waals surface area contributed by atoms with Crippen molar-refractivity contribution in [2.24, 2.45) is 11.5 Å². The minimum Gasteiger partial charge on any atom is -0.364 e. The lowest BCUT2D eigenvalue weighted by Gasteiger charge is -2.30. The average molecular weight is 313 g/mol. The van der Waals surface area contributed by atoms with Crippen molar-refractivity contribution in [2.45, 2.75) is 18.9 Å². The lowest BCUT2D eigenvalue weighted by Crippen LogP contribution is -2.45. The Morgan fingerprint density at radius 3 is 2.61 bits per heavy atom. The van der Waals surface area contributed by atoms with Gasteiger partial charge in [-0.25, -0.2) is 4.68 Å². The van der Waals surface area contributed by atoms with Crippen LogP contribution in [0.5, 0.6) is 0 Å². The first-order valence-corrected chi connectivity index (χ1v) is 7.56. The fourth-order valence-electron chi connectivity index (χ4n) is 2.78. The summed E-state index contributed by atoms with van der Waals surface area (Å²) in [5.74, 6) is -0.854. The molecule has 1 aromatic heterocycles. The van der Waals surface area contributed by atoms with Crippen molar-refractivity contribution in [3.05, 3.63) is 47.8 Å². The predicted molar refractivity (Wildman–Crippen MR) is 85.2 cm³/mol. The second-order valence-electron chi connectivity index (χ2n) is 5.68. The highest BCUT2D eigenvalue weighted by atomic mass is 16.2. The summed E-state index contributed by atoms with van der Waals surface area (Å²) in [6.45, 7) is 1.15. The largest absolute Gasteiger partial charge is 0.364 e. The molecule has 4 N–H and O–H groups in total. The Morgan fingerprint density at radius 1 is 1.22 bits per heavy atom. The van der Waals surface area contributed by atoms with E-state index in [0.717, 1.165) is 12.8 Å². The highest BCUT2D eigenvalue weighted by molar-refractivity contribution is 5.97. The maximum absolute atomic E-state index is 12.6. The molecule has 1 unspecified atom stereocenters. The summed E-state index contributed by atoms with van der Waals surface area (Å²) < 4.78 is 1.40. The molecule has 1 fully saturated rings. The molecule has 120 valence electrons. The average Bonchev–Trinajstić information content (AvgIpc) is 3.00. The van der Waals surface area contributed by atoms with Crippen LogP contribution < -0.4 is 11.5 Å². The molecule has 1 saturated heterocycles. The summed E-state index contributed by atoms with van der Waals surface area (Å²) >= 11 is 0. The number of benzene rings is 1. The number of aromatic nitrogens is 2. The van der Waals surface area contributed by atoms with E-state index in [-0.39, 0.29) is 23.3 Å². The summed E-state index contributed by atoms with van der Waals surface area (Å²) in [4.78, 5) is 26.0. The highest BCUT2D eigenvalue weighted by Gasteiger charge is 2.26. The molecule has 0 radical (unpaired) electrons. The van der Waals surface area contributed by atoms with Gasteiger partial charge in [0.15, 0.2) is 5.69 Å². The van der Waals surface area contributed by atoms with Gasteiger partial charge in [-0.1, -0.05) is 18.2 Å². The van der Waals surface area contributed by atoms with E-state index in [9.17, 15) is 9.59 Å². The summed E-state index contributed by atoms with van der Waals surface area (Å²) in [6, 6.07) is 10.5. The van der Waals surface area contributed by atoms with Crippen LogP contribution in [0.4, 0.5) is 0 Å². The van der Waals surface area contributed by atoms with Crippen LogP contribution in [0.25, 0.3) is 5.69 Å². The number of likely N-dealkylation sites (tertiary alicyclic amines) is 1. The van der Waals surface area contributed by atoms with Crippen LogP contribution in [-0.2, 0) is 0 Å². The van der Waals surface area contributed by atoms with E-state index < -0.39 is 5.91 Å². The summed E-state index contributed by atoms with van der Waals surface area (Å²) in [5, 5.41) is 4.29. The fourth-order valence-corrected chi connectivity index (χ4v) is 2.78. The molecule has 0 saturated carbocycles. The molecule has 1 aromatic carbocycles. The quantitative estimate of drug-likeness (QED) is 0.862. The predicted octanol–water partition coefficient (Wildman–Crippen LogP) is 0.535. The number of amides is 2. The Balaban J connectivity index is 1.95. The van der Waals surface area contributed by atoms with Crippen molar-refractivity contribution >= 4 is 11.8 Å². The van der Waals surface area contributed by atoms with Gasteiger partial charge in [-0.2, -0.15) is 5.10 Å². The van der Waals surface area contributed by atoms with Crippen molar-refractivity contribution in [3.8, 4) is 5.69 Å². The normalized spacial score (nSPS) is 18.0. The molecule has 3 rings (SSSR count). The van der Waals surface area contributed by atoms with Gasteiger partial charge in [0.1, 0.15) is 5.69 Å². The number of hydrogen-bond donors (Lipinski definition) is 2. The van der Waals surface area contributed by atoms with Gasteiger partial charge in [-0.05, 0) is 25.0 Å². The third-order valence-electron chi connectivity index (χ3n) is 3.93. The number of rotatable bonds is 3. The molecule has 0 aliphatic carbocycles. The molecule has 2 aromatic rings. The number of nitrogens with two attached hydrogens (primary N) is 2. The molecule has 0 spiro atoms. The molecule has 2 heterocycles. The Labute approximate surface area is 133 Å². The van der Waals surface area contributed by atoms with Crippen LogP contribution >= 0.6 is 0 Å². The zero-order valence-electron chi connectivity index (χ0n) is 12.7. The van der Waals surface area contributed by atoms with Crippen LogP contribution in [0.2, 0.25) is 0 Å². The first kappa shape index (κ1) is 15.2. The number of para-hydroxylation sites is 1. The SMILES string of the molecule is NC(=O)c1cc(C(=O)N2CCCC(N)C2)nn1-c1ccccc1. The molecule has 1 aliphatic rings. The molecular formula is C16H19N5O2. The van der Waals surface area contributed by atoms with E-state index in [1.54, 1.807) is 17.0 Å². The number of primary amides is 1. The lowest BCUT2D eigenvalue weighted by molar-refractivity contribution is 0.0702. The number of nitrogens with zero attached hydrogens (tertiary/aromatic N) is 3. The van der Waals surface area contributed by atoms with E-state index in [1.165, 1.54) is 10.7 Å². The van der Waals surface area contributed by atoms with Crippen molar-refractivity contribution in [3.63, 3.8) is 0 Å². The summed E-state index contributed by atoms with van der Waals surface area (Å²) in [7, 11) is 0. The van der Waals surface area contributed by atoms with E-state index in [2.05, 4.69) is 5.10 Å². The fraction of sp³-hybridized carbons (Fsp3) is 0.312. The van der Waals surface area contributed by atoms with E-state index in [1.807, 2.05) is 18.2 Å². The molecule has 2 amide bonds. The standard InChI is InChI=1S/C16H19N5O2/c17-11-5-4-8-20(10-11)16(23)13-9-14(15(18)22)21(19-13)12-6-2-1-3-7-12/h1-3,6-7,9,11H,4-5,8,10,17H2,(H2,18,22). The van der Waals surface area contributed by atoms with Gasteiger partial charge in [0.05, 0.1) is 5.69 Å². The molecule has 23 heavy (non-hydrogen) atoms. The van der Waals surface area contributed by atoms with Gasteiger partial charge >= 0.3 is 0 Å². The Bertz CT molecular complexity index is 725. The van der Waals surface area contributed by atoms with Gasteiger partial charge in [0.2, 0.25) is 0 Å². The van der Waals surface area contributed by atoms with Gasteiger partial charge in [-0.15, -0.1) is 0 Å². The molecule has 7 nitrogen and oxygen atoms in total. The Morgan fingerprint density at radius 2 is 1.96 bits per heavy atom. The van der Waals surface area contributed by atoms with E-state index in [4.69, 9.17) is 11.5 Å². The topological polar surface area (TPSA) is 107 Å². The van der Waals surface area contributed by atoms with E-state index >= 15 is 0 Å². The van der Waals surface area contributed by atoms with Crippen molar-refractivity contribution < 1.29 is 9.59 Å². The number of hydrogen-bond acceptors (Lipinski definition) is 4.